The number of hydrogen-bond donors (Lipinski definition) is 0. The predicted molar refractivity (Wildman–Crippen MR) is 123 cm³/mol. The normalized spacial score (nSPS) is 12.9. The predicted octanol–water partition coefficient (Wildman–Crippen LogP) is 9.17. The summed E-state index contributed by atoms with van der Waals surface area (Å²) in [6, 6.07) is 18.7. The Kier molecular flexibility index (Phi) is 5.85. The molecule has 0 unspecified atom stereocenters. The van der Waals surface area contributed by atoms with E-state index in [-0.39, 0.29) is 17.5 Å². The molecule has 0 spiro atoms. The largest absolute Gasteiger partial charge is 0.417 e. The summed E-state index contributed by atoms with van der Waals surface area (Å²) in [5.41, 5.74) is -8.07. The summed E-state index contributed by atoms with van der Waals surface area (Å²) in [7, 11) is 0. The van der Waals surface area contributed by atoms with E-state index in [1.165, 1.54) is 6.07 Å². The summed E-state index contributed by atoms with van der Waals surface area (Å²) in [6.45, 7) is 0. The van der Waals surface area contributed by atoms with Crippen LogP contribution in [0.4, 0.5) is 39.5 Å². The van der Waals surface area contributed by atoms with Crippen molar-refractivity contribution >= 4 is 21.5 Å². The van der Waals surface area contributed by atoms with Crippen LogP contribution in [-0.4, -0.2) is 10.2 Å². The van der Waals surface area contributed by atoms with Crippen LogP contribution in [0.2, 0.25) is 0 Å². The summed E-state index contributed by atoms with van der Waals surface area (Å²) in [5.74, 6) is 0. The molecule has 0 bridgehead atoms. The lowest BCUT2D eigenvalue weighted by molar-refractivity contribution is -0.174. The molecule has 5 rings (SSSR count). The first-order valence-corrected chi connectivity index (χ1v) is 10.9. The average molecular weight is 536 g/mol. The smallest absolute Gasteiger partial charge is 0.166 e. The first-order chi connectivity index (χ1) is 17.7. The van der Waals surface area contributed by atoms with Crippen molar-refractivity contribution in [2.45, 2.75) is 18.5 Å². The van der Waals surface area contributed by atoms with E-state index in [2.05, 4.69) is 10.2 Å². The molecular weight excluding hydrogens is 523 g/mol. The minimum Gasteiger partial charge on any atom is -0.166 e. The van der Waals surface area contributed by atoms with Gasteiger partial charge in [-0.15, -0.1) is 10.2 Å². The van der Waals surface area contributed by atoms with Crippen LogP contribution in [0.15, 0.2) is 78.9 Å². The van der Waals surface area contributed by atoms with Gasteiger partial charge in [-0.3, -0.25) is 0 Å². The summed E-state index contributed by atoms with van der Waals surface area (Å²) in [6.07, 6.45) is -17.4. The second kappa shape index (κ2) is 8.71. The number of alkyl halides is 9. The van der Waals surface area contributed by atoms with Crippen molar-refractivity contribution in [2.24, 2.45) is 0 Å². The van der Waals surface area contributed by atoms with Gasteiger partial charge in [0.2, 0.25) is 0 Å². The van der Waals surface area contributed by atoms with Crippen LogP contribution in [-0.2, 0) is 18.5 Å². The number of aromatic nitrogens is 2. The second-order valence-corrected chi connectivity index (χ2v) is 8.45. The van der Waals surface area contributed by atoms with Crippen LogP contribution in [0.3, 0.4) is 0 Å². The molecule has 11 heteroatoms. The van der Waals surface area contributed by atoms with Gasteiger partial charge in [-0.05, 0) is 35.0 Å². The summed E-state index contributed by atoms with van der Waals surface area (Å²) in [5, 5.41) is 9.78. The van der Waals surface area contributed by atoms with Gasteiger partial charge in [0.15, 0.2) is 0 Å². The van der Waals surface area contributed by atoms with Gasteiger partial charge >= 0.3 is 18.5 Å². The van der Waals surface area contributed by atoms with Crippen LogP contribution in [0.1, 0.15) is 16.7 Å². The third kappa shape index (κ3) is 4.52. The van der Waals surface area contributed by atoms with E-state index in [0.29, 0.717) is 27.4 Å². The van der Waals surface area contributed by atoms with E-state index in [9.17, 15) is 39.5 Å². The standard InChI is InChI=1S/C27H13F9N2/c28-25(29,30)20-12-17(13-21(26(31,32)33)22(20)27(34,35)36)24-19-11-16-9-5-4-8-15(16)10-18(19)23(37-38-24)14-6-2-1-3-7-14/h1-13H. The van der Waals surface area contributed by atoms with Crippen LogP contribution in [0, 0.1) is 0 Å². The monoisotopic (exact) mass is 536 g/mol. The van der Waals surface area contributed by atoms with Crippen molar-refractivity contribution in [1.29, 1.82) is 0 Å². The summed E-state index contributed by atoms with van der Waals surface area (Å²) < 4.78 is 123. The number of fused-ring (bicyclic) bond motifs is 2. The van der Waals surface area contributed by atoms with Gasteiger partial charge in [0.1, 0.15) is 11.4 Å². The maximum absolute atomic E-state index is 13.7. The molecule has 38 heavy (non-hydrogen) atoms. The van der Waals surface area contributed by atoms with Gasteiger partial charge in [0, 0.05) is 21.9 Å². The molecule has 1 heterocycles. The Hall–Kier alpha value is -4.15. The summed E-state index contributed by atoms with van der Waals surface area (Å²) in [4.78, 5) is 0. The highest BCUT2D eigenvalue weighted by atomic mass is 19.4. The average Bonchev–Trinajstić information content (AvgIpc) is 2.85. The molecule has 0 saturated carbocycles. The lowest BCUT2D eigenvalue weighted by Crippen LogP contribution is -2.23. The molecular formula is C27H13F9N2. The molecule has 0 N–H and O–H groups in total. The third-order valence-corrected chi connectivity index (χ3v) is 6.00. The van der Waals surface area contributed by atoms with E-state index in [0.717, 1.165) is 0 Å². The Morgan fingerprint density at radius 2 is 0.868 bits per heavy atom. The third-order valence-electron chi connectivity index (χ3n) is 6.00. The lowest BCUT2D eigenvalue weighted by Gasteiger charge is -2.22. The van der Waals surface area contributed by atoms with Crippen molar-refractivity contribution in [3.63, 3.8) is 0 Å². The van der Waals surface area contributed by atoms with E-state index in [4.69, 9.17) is 0 Å². The Bertz CT molecular complexity index is 1630. The van der Waals surface area contributed by atoms with Crippen LogP contribution >= 0.6 is 0 Å². The molecule has 2 nitrogen and oxygen atoms in total. The molecule has 5 aromatic rings. The number of rotatable bonds is 2. The van der Waals surface area contributed by atoms with Gasteiger partial charge in [-0.25, -0.2) is 0 Å². The van der Waals surface area contributed by atoms with Gasteiger partial charge in [-0.1, -0.05) is 54.6 Å². The van der Waals surface area contributed by atoms with E-state index in [1.807, 2.05) is 0 Å². The highest BCUT2D eigenvalue weighted by Gasteiger charge is 2.50. The SMILES string of the molecule is FC(F)(F)c1cc(-c2nnc(-c3ccccc3)c3cc4ccccc4cc23)cc(C(F)(F)F)c1C(F)(F)F. The molecule has 0 amide bonds. The lowest BCUT2D eigenvalue weighted by atomic mass is 9.92. The number of benzene rings is 4. The molecule has 194 valence electrons. The molecule has 4 aromatic carbocycles. The zero-order valence-corrected chi connectivity index (χ0v) is 18.8. The fourth-order valence-corrected chi connectivity index (χ4v) is 4.39. The number of halogens is 9. The van der Waals surface area contributed by atoms with Gasteiger partial charge in [0.05, 0.1) is 16.7 Å². The van der Waals surface area contributed by atoms with Gasteiger partial charge in [0.25, 0.3) is 0 Å². The Morgan fingerprint density at radius 3 is 1.29 bits per heavy atom. The Morgan fingerprint density at radius 1 is 0.447 bits per heavy atom. The molecule has 0 aliphatic heterocycles. The van der Waals surface area contributed by atoms with Crippen LogP contribution < -0.4 is 0 Å². The van der Waals surface area contributed by atoms with Crippen LogP contribution in [0.5, 0.6) is 0 Å². The number of hydrogen-bond acceptors (Lipinski definition) is 2. The maximum Gasteiger partial charge on any atom is 0.417 e. The minimum atomic E-state index is -5.92. The van der Waals surface area contributed by atoms with Gasteiger partial charge < -0.3 is 0 Å². The summed E-state index contributed by atoms with van der Waals surface area (Å²) >= 11 is 0. The van der Waals surface area contributed by atoms with Crippen molar-refractivity contribution in [1.82, 2.24) is 10.2 Å². The molecule has 0 aliphatic carbocycles. The zero-order valence-electron chi connectivity index (χ0n) is 18.8. The quantitative estimate of drug-likeness (QED) is 0.166. The topological polar surface area (TPSA) is 25.8 Å². The highest BCUT2D eigenvalue weighted by Crippen LogP contribution is 2.49. The zero-order chi connectivity index (χ0) is 27.5. The van der Waals surface area contributed by atoms with Crippen molar-refractivity contribution in [3.8, 4) is 22.5 Å². The molecule has 1 aromatic heterocycles. The highest BCUT2D eigenvalue weighted by molar-refractivity contribution is 6.08. The first kappa shape index (κ1) is 25.5. The van der Waals surface area contributed by atoms with E-state index in [1.54, 1.807) is 60.7 Å². The Labute approximate surface area is 208 Å². The fourth-order valence-electron chi connectivity index (χ4n) is 4.39. The van der Waals surface area contributed by atoms with Crippen LogP contribution in [0.25, 0.3) is 44.1 Å². The van der Waals surface area contributed by atoms with Crippen molar-refractivity contribution in [2.75, 3.05) is 0 Å². The van der Waals surface area contributed by atoms with E-state index < -0.39 is 46.5 Å². The van der Waals surface area contributed by atoms with Crippen molar-refractivity contribution < 1.29 is 39.5 Å². The van der Waals surface area contributed by atoms with E-state index >= 15 is 0 Å². The second-order valence-electron chi connectivity index (χ2n) is 8.45. The molecule has 0 atom stereocenters. The Balaban J connectivity index is 1.91. The maximum atomic E-state index is 13.7. The van der Waals surface area contributed by atoms with Crippen molar-refractivity contribution in [3.05, 3.63) is 95.6 Å². The number of nitrogens with zero attached hydrogens (tertiary/aromatic N) is 2. The minimum absolute atomic E-state index is 0.0406. The molecule has 0 radical (unpaired) electrons. The molecule has 0 fully saturated rings. The molecule has 0 aliphatic rings. The van der Waals surface area contributed by atoms with Gasteiger partial charge in [-0.2, -0.15) is 39.5 Å². The molecule has 0 saturated heterocycles. The first-order valence-electron chi connectivity index (χ1n) is 10.9. The fraction of sp³-hybridized carbons (Fsp3) is 0.111.